The van der Waals surface area contributed by atoms with Crippen LogP contribution in [0.4, 0.5) is 0 Å². The maximum Gasteiger partial charge on any atom is 0.339 e. The Hall–Kier alpha value is -2.54. The minimum atomic E-state index is -4.17. The first-order chi connectivity index (χ1) is 10.8. The van der Waals surface area contributed by atoms with Crippen LogP contribution >= 0.6 is 0 Å². The molecule has 0 fully saturated rings. The van der Waals surface area contributed by atoms with Gasteiger partial charge in [-0.3, -0.25) is 0 Å². The summed E-state index contributed by atoms with van der Waals surface area (Å²) in [5, 5.41) is 9.23. The van der Waals surface area contributed by atoms with Crippen LogP contribution in [0.3, 0.4) is 0 Å². The normalized spacial score (nSPS) is 11.0. The van der Waals surface area contributed by atoms with Crippen LogP contribution < -0.4 is 8.92 Å². The molecule has 0 saturated heterocycles. The van der Waals surface area contributed by atoms with Crippen LogP contribution in [0, 0.1) is 6.92 Å². The van der Waals surface area contributed by atoms with Gasteiger partial charge in [0.1, 0.15) is 10.5 Å². The molecule has 0 unspecified atom stereocenters. The molecule has 2 aromatic carbocycles. The van der Waals surface area contributed by atoms with Gasteiger partial charge < -0.3 is 14.0 Å². The molecule has 0 atom stereocenters. The molecule has 6 nitrogen and oxygen atoms in total. The number of hydrogen-bond donors (Lipinski definition) is 1. The number of para-hydroxylation sites is 1. The fourth-order valence-corrected chi connectivity index (χ4v) is 2.86. The first-order valence-electron chi connectivity index (χ1n) is 6.85. The molecule has 7 heteroatoms. The van der Waals surface area contributed by atoms with Gasteiger partial charge in [-0.2, -0.15) is 8.42 Å². The number of benzene rings is 2. The van der Waals surface area contributed by atoms with E-state index >= 15 is 0 Å². The van der Waals surface area contributed by atoms with Crippen LogP contribution in [0.25, 0.3) is 0 Å². The highest BCUT2D eigenvalue weighted by Gasteiger charge is 2.24. The van der Waals surface area contributed by atoms with Gasteiger partial charge in [0.15, 0.2) is 11.5 Å². The van der Waals surface area contributed by atoms with Crippen LogP contribution in [0.2, 0.25) is 0 Å². The molecule has 0 heterocycles. The van der Waals surface area contributed by atoms with E-state index in [1.54, 1.807) is 19.1 Å². The Kier molecular flexibility index (Phi) is 4.90. The summed E-state index contributed by atoms with van der Waals surface area (Å²) in [5.41, 5.74) is 0.608. The van der Waals surface area contributed by atoms with Crippen LogP contribution in [-0.4, -0.2) is 26.1 Å². The number of rotatable bonds is 6. The van der Waals surface area contributed by atoms with Crippen molar-refractivity contribution in [1.29, 1.82) is 0 Å². The monoisotopic (exact) mass is 336 g/mol. The van der Waals surface area contributed by atoms with Crippen molar-refractivity contribution in [3.05, 3.63) is 53.6 Å². The predicted octanol–water partition coefficient (Wildman–Crippen LogP) is 2.86. The Labute approximate surface area is 134 Å². The molecular formula is C16H16O6S. The molecule has 1 N–H and O–H groups in total. The molecule has 2 rings (SSSR count). The number of carboxylic acid groups (broad SMARTS) is 1. The molecule has 23 heavy (non-hydrogen) atoms. The van der Waals surface area contributed by atoms with Gasteiger partial charge in [0.25, 0.3) is 0 Å². The molecule has 0 spiro atoms. The second-order valence-electron chi connectivity index (χ2n) is 4.72. The van der Waals surface area contributed by atoms with Gasteiger partial charge in [-0.1, -0.05) is 23.8 Å². The van der Waals surface area contributed by atoms with Gasteiger partial charge >= 0.3 is 16.1 Å². The van der Waals surface area contributed by atoms with E-state index in [0.717, 1.165) is 5.56 Å². The Bertz CT molecular complexity index is 809. The smallest absolute Gasteiger partial charge is 0.339 e. The van der Waals surface area contributed by atoms with E-state index < -0.39 is 16.1 Å². The first-order valence-corrected chi connectivity index (χ1v) is 8.26. The minimum Gasteiger partial charge on any atom is -0.490 e. The summed E-state index contributed by atoms with van der Waals surface area (Å²) < 4.78 is 35.1. The Morgan fingerprint density at radius 3 is 2.35 bits per heavy atom. The summed E-state index contributed by atoms with van der Waals surface area (Å²) in [5.74, 6) is -1.58. The highest BCUT2D eigenvalue weighted by molar-refractivity contribution is 7.87. The van der Waals surface area contributed by atoms with Crippen molar-refractivity contribution in [1.82, 2.24) is 0 Å². The number of carboxylic acids is 1. The van der Waals surface area contributed by atoms with E-state index in [9.17, 15) is 18.3 Å². The van der Waals surface area contributed by atoms with Crippen molar-refractivity contribution in [3.63, 3.8) is 0 Å². The fourth-order valence-electron chi connectivity index (χ4n) is 1.90. The molecule has 0 aromatic heterocycles. The van der Waals surface area contributed by atoms with Gasteiger partial charge in [0, 0.05) is 0 Å². The van der Waals surface area contributed by atoms with E-state index in [2.05, 4.69) is 0 Å². The third kappa shape index (κ3) is 3.81. The quantitative estimate of drug-likeness (QED) is 0.816. The maximum absolute atomic E-state index is 12.4. The molecule has 0 radical (unpaired) electrons. The number of aryl methyl sites for hydroxylation is 1. The summed E-state index contributed by atoms with van der Waals surface area (Å²) in [6.45, 7) is 3.76. The summed E-state index contributed by atoms with van der Waals surface area (Å²) in [7, 11) is -4.17. The zero-order valence-corrected chi connectivity index (χ0v) is 13.5. The van der Waals surface area contributed by atoms with Crippen molar-refractivity contribution in [2.75, 3.05) is 6.61 Å². The highest BCUT2D eigenvalue weighted by Crippen LogP contribution is 2.34. The lowest BCUT2D eigenvalue weighted by atomic mass is 10.2. The minimum absolute atomic E-state index is 0.0584. The second kappa shape index (κ2) is 6.70. The third-order valence-electron chi connectivity index (χ3n) is 3.01. The number of aromatic carboxylic acids is 1. The molecule has 2 aromatic rings. The highest BCUT2D eigenvalue weighted by atomic mass is 32.2. The first kappa shape index (κ1) is 16.8. The van der Waals surface area contributed by atoms with E-state index in [1.807, 2.05) is 6.92 Å². The summed E-state index contributed by atoms with van der Waals surface area (Å²) >= 11 is 0. The van der Waals surface area contributed by atoms with Gasteiger partial charge in [0.2, 0.25) is 0 Å². The van der Waals surface area contributed by atoms with Crippen molar-refractivity contribution < 1.29 is 27.2 Å². The molecule has 0 bridgehead atoms. The van der Waals surface area contributed by atoms with Crippen molar-refractivity contribution in [2.45, 2.75) is 18.7 Å². The van der Waals surface area contributed by atoms with Crippen LogP contribution in [0.5, 0.6) is 11.5 Å². The lowest BCUT2D eigenvalue weighted by molar-refractivity contribution is 0.0694. The van der Waals surface area contributed by atoms with Gasteiger partial charge in [-0.05, 0) is 38.1 Å². The molecule has 122 valence electrons. The predicted molar refractivity (Wildman–Crippen MR) is 83.6 cm³/mol. The second-order valence-corrected chi connectivity index (χ2v) is 6.27. The van der Waals surface area contributed by atoms with Gasteiger partial charge in [-0.15, -0.1) is 0 Å². The fraction of sp³-hybridized carbons (Fsp3) is 0.188. The largest absolute Gasteiger partial charge is 0.490 e. The van der Waals surface area contributed by atoms with E-state index in [0.29, 0.717) is 0 Å². The van der Waals surface area contributed by atoms with Crippen LogP contribution in [0.1, 0.15) is 22.8 Å². The summed E-state index contributed by atoms with van der Waals surface area (Å²) in [6, 6.07) is 10.2. The summed E-state index contributed by atoms with van der Waals surface area (Å²) in [4.78, 5) is 11.3. The molecule has 0 amide bonds. The average molecular weight is 336 g/mol. The molecular weight excluding hydrogens is 320 g/mol. The van der Waals surface area contributed by atoms with E-state index in [4.69, 9.17) is 8.92 Å². The molecule has 0 aliphatic heterocycles. The Balaban J connectivity index is 2.49. The number of hydrogen-bond acceptors (Lipinski definition) is 5. The Morgan fingerprint density at radius 1 is 1.13 bits per heavy atom. The van der Waals surface area contributed by atoms with Crippen LogP contribution in [-0.2, 0) is 10.1 Å². The lowest BCUT2D eigenvalue weighted by Crippen LogP contribution is -2.13. The number of carbonyl (C=O) groups is 1. The van der Waals surface area contributed by atoms with Crippen LogP contribution in [0.15, 0.2) is 47.4 Å². The SMILES string of the molecule is CCOc1cccc(C(=O)O)c1OS(=O)(=O)c1ccc(C)cc1. The standard InChI is InChI=1S/C16H16O6S/c1-3-21-14-6-4-5-13(16(17)18)15(14)22-23(19,20)12-9-7-11(2)8-10-12/h4-10H,3H2,1-2H3,(H,17,18). The Morgan fingerprint density at radius 2 is 1.78 bits per heavy atom. The van der Waals surface area contributed by atoms with Crippen molar-refractivity contribution in [2.24, 2.45) is 0 Å². The molecule has 0 saturated carbocycles. The van der Waals surface area contributed by atoms with Crippen molar-refractivity contribution >= 4 is 16.1 Å². The zero-order chi connectivity index (χ0) is 17.0. The van der Waals surface area contributed by atoms with Gasteiger partial charge in [-0.25, -0.2) is 4.79 Å². The van der Waals surface area contributed by atoms with E-state index in [1.165, 1.54) is 30.3 Å². The summed E-state index contributed by atoms with van der Waals surface area (Å²) in [6.07, 6.45) is 0. The lowest BCUT2D eigenvalue weighted by Gasteiger charge is -2.14. The zero-order valence-electron chi connectivity index (χ0n) is 12.6. The maximum atomic E-state index is 12.4. The molecule has 0 aliphatic carbocycles. The van der Waals surface area contributed by atoms with E-state index in [-0.39, 0.29) is 28.6 Å². The average Bonchev–Trinajstić information content (AvgIpc) is 2.49. The topological polar surface area (TPSA) is 89.9 Å². The number of ether oxygens (including phenoxy) is 1. The van der Waals surface area contributed by atoms with Gasteiger partial charge in [0.05, 0.1) is 6.61 Å². The third-order valence-corrected chi connectivity index (χ3v) is 4.25. The molecule has 0 aliphatic rings. The van der Waals surface area contributed by atoms with Crippen molar-refractivity contribution in [3.8, 4) is 11.5 Å².